The average Bonchev–Trinajstić information content (AvgIpc) is 2.78. The molecule has 1 nitrogen and oxygen atoms in total. The van der Waals surface area contributed by atoms with Crippen LogP contribution in [-0.4, -0.2) is 12.8 Å². The second kappa shape index (κ2) is 7.19. The summed E-state index contributed by atoms with van der Waals surface area (Å²) < 4.78 is 0. The predicted octanol–water partition coefficient (Wildman–Crippen LogP) is 3.02. The maximum Gasteiger partial charge on any atom is 0.0703 e. The second-order valence-electron chi connectivity index (χ2n) is 4.12. The van der Waals surface area contributed by atoms with Gasteiger partial charge in [0.25, 0.3) is 0 Å². The maximum absolute atomic E-state index is 6.02. The smallest absolute Gasteiger partial charge is 0.0703 e. The van der Waals surface area contributed by atoms with Gasteiger partial charge in [0.05, 0.1) is 7.85 Å². The summed E-state index contributed by atoms with van der Waals surface area (Å²) in [6.07, 6.45) is 9.29. The van der Waals surface area contributed by atoms with Gasteiger partial charge in [-0.3, -0.25) is 0 Å². The Hall–Kier alpha value is 0.799. The van der Waals surface area contributed by atoms with Crippen molar-refractivity contribution in [2.45, 2.75) is 44.3 Å². The van der Waals surface area contributed by atoms with Gasteiger partial charge in [0.2, 0.25) is 0 Å². The van der Waals surface area contributed by atoms with Crippen molar-refractivity contribution in [2.75, 3.05) is 0 Å². The van der Waals surface area contributed by atoms with Gasteiger partial charge in [-0.2, -0.15) is 5.38 Å². The minimum Gasteiger partial charge on any atom is -0.364 e. The van der Waals surface area contributed by atoms with Gasteiger partial charge in [-0.15, -0.1) is 0 Å². The van der Waals surface area contributed by atoms with E-state index in [0.717, 1.165) is 12.3 Å². The number of nitrogens with zero attached hydrogens (tertiary/aromatic N) is 1. The molecule has 0 spiro atoms. The van der Waals surface area contributed by atoms with Crippen LogP contribution in [0, 0.1) is 11.3 Å². The zero-order chi connectivity index (χ0) is 9.80. The standard InChI is InChI=1S/C11H15BNS.Y/c12-10-5-1-3-9(10)4-2-6-11-13-7-8-14-11;/h7,9-10H,1-6H2;/q-1;. The number of hydrogen-bond acceptors (Lipinski definition) is 2. The van der Waals surface area contributed by atoms with E-state index in [1.54, 1.807) is 17.5 Å². The Morgan fingerprint density at radius 1 is 1.53 bits per heavy atom. The van der Waals surface area contributed by atoms with Crippen molar-refractivity contribution in [2.24, 2.45) is 5.92 Å². The summed E-state index contributed by atoms with van der Waals surface area (Å²) in [5.74, 6) is 1.25. The van der Waals surface area contributed by atoms with Crippen LogP contribution >= 0.6 is 11.3 Å². The molecule has 0 amide bonds. The fourth-order valence-electron chi connectivity index (χ4n) is 2.27. The van der Waals surface area contributed by atoms with E-state index in [0.29, 0.717) is 5.82 Å². The molecule has 1 aliphatic rings. The average molecular weight is 293 g/mol. The number of aromatic nitrogens is 1. The molecule has 1 fully saturated rings. The summed E-state index contributed by atoms with van der Waals surface area (Å²) in [5.41, 5.74) is 0. The third kappa shape index (κ3) is 4.28. The van der Waals surface area contributed by atoms with Crippen LogP contribution in [-0.2, 0) is 39.1 Å². The number of aryl methyl sites for hydroxylation is 1. The Kier molecular flexibility index (Phi) is 6.64. The molecule has 2 atom stereocenters. The van der Waals surface area contributed by atoms with Gasteiger partial charge in [-0.05, 0) is 5.92 Å². The van der Waals surface area contributed by atoms with E-state index >= 15 is 0 Å². The Bertz CT molecular complexity index is 266. The van der Waals surface area contributed by atoms with Crippen LogP contribution in [0.25, 0.3) is 0 Å². The summed E-state index contributed by atoms with van der Waals surface area (Å²) in [6.45, 7) is 0. The molecule has 1 aromatic heterocycles. The van der Waals surface area contributed by atoms with Crippen molar-refractivity contribution in [3.63, 3.8) is 0 Å². The Morgan fingerprint density at radius 2 is 2.40 bits per heavy atom. The van der Waals surface area contributed by atoms with E-state index < -0.39 is 0 Å². The number of hydrogen-bond donors (Lipinski definition) is 0. The molecular weight excluding hydrogens is 278 g/mol. The Labute approximate surface area is 123 Å². The molecule has 3 radical (unpaired) electrons. The fourth-order valence-corrected chi connectivity index (χ4v) is 2.87. The van der Waals surface area contributed by atoms with Crippen LogP contribution in [0.4, 0.5) is 0 Å². The molecule has 2 rings (SSSR count). The van der Waals surface area contributed by atoms with E-state index in [-0.39, 0.29) is 32.7 Å². The second-order valence-corrected chi connectivity index (χ2v) is 5.03. The fraction of sp³-hybridized carbons (Fsp3) is 0.727. The van der Waals surface area contributed by atoms with Gasteiger partial charge < -0.3 is 16.3 Å². The first-order chi connectivity index (χ1) is 6.86. The molecule has 0 bridgehead atoms. The maximum atomic E-state index is 6.02. The van der Waals surface area contributed by atoms with Gasteiger partial charge in [0.1, 0.15) is 0 Å². The molecule has 4 heteroatoms. The Morgan fingerprint density at radius 3 is 3.00 bits per heavy atom. The van der Waals surface area contributed by atoms with E-state index in [9.17, 15) is 0 Å². The van der Waals surface area contributed by atoms with Crippen LogP contribution in [0.5, 0.6) is 0 Å². The summed E-state index contributed by atoms with van der Waals surface area (Å²) in [6, 6.07) is 0. The van der Waals surface area contributed by atoms with Crippen LogP contribution in [0.15, 0.2) is 6.20 Å². The topological polar surface area (TPSA) is 12.9 Å². The molecule has 0 aromatic carbocycles. The van der Waals surface area contributed by atoms with Gasteiger partial charge in [-0.25, -0.2) is 0 Å². The summed E-state index contributed by atoms with van der Waals surface area (Å²) in [7, 11) is 6.02. The van der Waals surface area contributed by atoms with Crippen molar-refractivity contribution >= 4 is 19.2 Å². The van der Waals surface area contributed by atoms with Crippen LogP contribution < -0.4 is 0 Å². The van der Waals surface area contributed by atoms with Gasteiger partial charge in [-0.1, -0.05) is 55.5 Å². The molecular formula is C11H15BNSY-. The van der Waals surface area contributed by atoms with E-state index in [2.05, 4.69) is 10.4 Å². The minimum atomic E-state index is 0. The molecule has 2 unspecified atom stereocenters. The summed E-state index contributed by atoms with van der Waals surface area (Å²) in [4.78, 5) is 4.23. The number of rotatable bonds is 4. The molecule has 0 aliphatic heterocycles. The van der Waals surface area contributed by atoms with Gasteiger partial charge in [0.15, 0.2) is 0 Å². The minimum absolute atomic E-state index is 0. The van der Waals surface area contributed by atoms with Crippen LogP contribution in [0.3, 0.4) is 0 Å². The number of thiazole rings is 1. The first-order valence-electron chi connectivity index (χ1n) is 5.42. The zero-order valence-corrected chi connectivity index (χ0v) is 12.6. The van der Waals surface area contributed by atoms with Crippen molar-refractivity contribution in [1.82, 2.24) is 4.98 Å². The third-order valence-corrected chi connectivity index (χ3v) is 3.89. The largest absolute Gasteiger partial charge is 0.364 e. The van der Waals surface area contributed by atoms with Crippen molar-refractivity contribution < 1.29 is 32.7 Å². The van der Waals surface area contributed by atoms with E-state index in [1.807, 2.05) is 0 Å². The van der Waals surface area contributed by atoms with Crippen LogP contribution in [0.1, 0.15) is 37.1 Å². The summed E-state index contributed by atoms with van der Waals surface area (Å²) in [5, 5.41) is 4.24. The molecule has 0 saturated heterocycles. The van der Waals surface area contributed by atoms with E-state index in [4.69, 9.17) is 7.85 Å². The molecule has 1 aromatic rings. The van der Waals surface area contributed by atoms with Gasteiger partial charge >= 0.3 is 0 Å². The summed E-state index contributed by atoms with van der Waals surface area (Å²) >= 11 is 1.64. The van der Waals surface area contributed by atoms with Gasteiger partial charge in [0, 0.05) is 32.7 Å². The molecule has 1 aliphatic carbocycles. The zero-order valence-electron chi connectivity index (χ0n) is 8.98. The van der Waals surface area contributed by atoms with E-state index in [1.165, 1.54) is 37.1 Å². The predicted molar refractivity (Wildman–Crippen MR) is 60.7 cm³/mol. The van der Waals surface area contributed by atoms with Crippen molar-refractivity contribution in [3.8, 4) is 0 Å². The third-order valence-electron chi connectivity index (χ3n) is 3.12. The van der Waals surface area contributed by atoms with Crippen molar-refractivity contribution in [1.29, 1.82) is 0 Å². The van der Waals surface area contributed by atoms with Crippen LogP contribution in [0.2, 0.25) is 5.82 Å². The molecule has 1 saturated carbocycles. The quantitative estimate of drug-likeness (QED) is 0.614. The first kappa shape index (κ1) is 13.9. The first-order valence-corrected chi connectivity index (χ1v) is 6.24. The molecule has 0 N–H and O–H groups in total. The normalized spacial score (nSPS) is 25.1. The molecule has 1 heterocycles. The Balaban J connectivity index is 0.00000112. The molecule has 15 heavy (non-hydrogen) atoms. The SMILES string of the molecule is [B]C1CCCC1CCCc1nc[c-]s1.[Y]. The monoisotopic (exact) mass is 293 g/mol. The molecule has 77 valence electrons. The van der Waals surface area contributed by atoms with Crippen molar-refractivity contribution in [3.05, 3.63) is 16.6 Å².